The maximum absolute atomic E-state index is 11.2. The van der Waals surface area contributed by atoms with Crippen molar-refractivity contribution in [3.8, 4) is 0 Å². The number of hydrogen-bond acceptors (Lipinski definition) is 5. The highest BCUT2D eigenvalue weighted by molar-refractivity contribution is 6.61. The largest absolute Gasteiger partial charge is 0.430 e. The van der Waals surface area contributed by atoms with Crippen molar-refractivity contribution in [1.29, 1.82) is 0 Å². The summed E-state index contributed by atoms with van der Waals surface area (Å²) in [5, 5.41) is 3.37. The van der Waals surface area contributed by atoms with Crippen LogP contribution in [0.5, 0.6) is 0 Å². The normalized spacial score (nSPS) is 21.4. The molecule has 1 heterocycles. The lowest BCUT2D eigenvalue weighted by Crippen LogP contribution is -2.53. The van der Waals surface area contributed by atoms with Gasteiger partial charge in [0.1, 0.15) is 0 Å². The van der Waals surface area contributed by atoms with Crippen LogP contribution in [0.1, 0.15) is 11.8 Å². The van der Waals surface area contributed by atoms with E-state index in [1.807, 2.05) is 30.3 Å². The molecule has 20 heavy (non-hydrogen) atoms. The third kappa shape index (κ3) is 4.18. The zero-order chi connectivity index (χ0) is 14.4. The molecule has 110 valence electrons. The summed E-state index contributed by atoms with van der Waals surface area (Å²) in [4.78, 5) is 13.2. The smallest absolute Gasteiger partial charge is 0.405 e. The third-order valence-electron chi connectivity index (χ3n) is 3.28. The molecule has 2 rings (SSSR count). The standard InChI is InChI=1S/C14H19ClN2O3/c1-19-10-12-9-17(8-7-16-12)13(20-14(15)18)11-5-3-2-4-6-11/h2-6,12-13,16H,7-10H2,1H3. The molecular formula is C14H19ClN2O3. The number of nitrogens with zero attached hydrogens (tertiary/aromatic N) is 1. The highest BCUT2D eigenvalue weighted by atomic mass is 35.5. The zero-order valence-corrected chi connectivity index (χ0v) is 12.2. The Morgan fingerprint density at radius 3 is 2.90 bits per heavy atom. The second kappa shape index (κ2) is 7.59. The molecule has 0 aliphatic carbocycles. The minimum absolute atomic E-state index is 0.217. The highest BCUT2D eigenvalue weighted by Crippen LogP contribution is 2.24. The molecule has 1 saturated heterocycles. The van der Waals surface area contributed by atoms with E-state index in [0.29, 0.717) is 6.61 Å². The number of carbonyl (C=O) groups excluding carboxylic acids is 1. The summed E-state index contributed by atoms with van der Waals surface area (Å²) in [6, 6.07) is 9.83. The number of nitrogens with one attached hydrogen (secondary N) is 1. The topological polar surface area (TPSA) is 50.8 Å². The predicted molar refractivity (Wildman–Crippen MR) is 76.8 cm³/mol. The lowest BCUT2D eigenvalue weighted by atomic mass is 10.1. The first kappa shape index (κ1) is 15.3. The van der Waals surface area contributed by atoms with Crippen LogP contribution in [0.15, 0.2) is 30.3 Å². The fraction of sp³-hybridized carbons (Fsp3) is 0.500. The lowest BCUT2D eigenvalue weighted by Gasteiger charge is -2.37. The molecule has 0 bridgehead atoms. The molecular weight excluding hydrogens is 280 g/mol. The number of hydrogen-bond donors (Lipinski definition) is 1. The van der Waals surface area contributed by atoms with Gasteiger partial charge in [0.05, 0.1) is 6.61 Å². The molecule has 0 amide bonds. The summed E-state index contributed by atoms with van der Waals surface area (Å²) in [7, 11) is 1.67. The van der Waals surface area contributed by atoms with Crippen LogP contribution < -0.4 is 5.32 Å². The number of piperazine rings is 1. The molecule has 0 aromatic heterocycles. The van der Waals surface area contributed by atoms with Crippen molar-refractivity contribution in [3.63, 3.8) is 0 Å². The summed E-state index contributed by atoms with van der Waals surface area (Å²) in [5.41, 5.74) is 0.125. The number of halogens is 1. The molecule has 5 nitrogen and oxygen atoms in total. The fourth-order valence-electron chi connectivity index (χ4n) is 2.44. The van der Waals surface area contributed by atoms with Crippen molar-refractivity contribution in [2.24, 2.45) is 0 Å². The summed E-state index contributed by atoms with van der Waals surface area (Å²) in [6.45, 7) is 2.95. The molecule has 6 heteroatoms. The van der Waals surface area contributed by atoms with Gasteiger partial charge in [-0.05, 0) is 0 Å². The molecule has 1 aromatic rings. The SMILES string of the molecule is COCC1CN(C(OC(=O)Cl)c2ccccc2)CCN1. The fourth-order valence-corrected chi connectivity index (χ4v) is 2.52. The van der Waals surface area contributed by atoms with E-state index in [1.54, 1.807) is 7.11 Å². The maximum Gasteiger partial charge on any atom is 0.405 e. The first-order valence-electron chi connectivity index (χ1n) is 6.58. The molecule has 0 spiro atoms. The van der Waals surface area contributed by atoms with Gasteiger partial charge in [-0.25, -0.2) is 4.79 Å². The van der Waals surface area contributed by atoms with Gasteiger partial charge >= 0.3 is 5.43 Å². The van der Waals surface area contributed by atoms with Gasteiger partial charge in [-0.1, -0.05) is 30.3 Å². The van der Waals surface area contributed by atoms with Crippen molar-refractivity contribution >= 4 is 17.0 Å². The second-order valence-corrected chi connectivity index (χ2v) is 5.03. The Kier molecular flexibility index (Phi) is 5.79. The Balaban J connectivity index is 2.12. The second-order valence-electron chi connectivity index (χ2n) is 4.72. The van der Waals surface area contributed by atoms with Gasteiger partial charge in [0.25, 0.3) is 0 Å². The van der Waals surface area contributed by atoms with Crippen LogP contribution in [0.4, 0.5) is 4.79 Å². The minimum Gasteiger partial charge on any atom is -0.430 e. The summed E-state index contributed by atoms with van der Waals surface area (Å²) >= 11 is 5.41. The van der Waals surface area contributed by atoms with E-state index in [0.717, 1.165) is 25.2 Å². The van der Waals surface area contributed by atoms with Gasteiger partial charge < -0.3 is 14.8 Å². The minimum atomic E-state index is -0.791. The quantitative estimate of drug-likeness (QED) is 0.843. The monoisotopic (exact) mass is 298 g/mol. The van der Waals surface area contributed by atoms with E-state index in [2.05, 4.69) is 10.2 Å². The number of carbonyl (C=O) groups is 1. The van der Waals surface area contributed by atoms with Crippen LogP contribution in [0, 0.1) is 0 Å². The molecule has 0 radical (unpaired) electrons. The lowest BCUT2D eigenvalue weighted by molar-refractivity contribution is -0.0264. The summed E-state index contributed by atoms with van der Waals surface area (Å²) in [5.74, 6) is 0. The predicted octanol–water partition coefficient (Wildman–Crippen LogP) is 1.98. The molecule has 1 fully saturated rings. The van der Waals surface area contributed by atoms with Gasteiger partial charge in [0, 0.05) is 50.0 Å². The average Bonchev–Trinajstić information content (AvgIpc) is 2.46. The molecule has 1 N–H and O–H groups in total. The van der Waals surface area contributed by atoms with E-state index >= 15 is 0 Å². The van der Waals surface area contributed by atoms with E-state index < -0.39 is 11.7 Å². The van der Waals surface area contributed by atoms with Crippen molar-refractivity contribution < 1.29 is 14.3 Å². The van der Waals surface area contributed by atoms with Crippen molar-refractivity contribution in [3.05, 3.63) is 35.9 Å². The van der Waals surface area contributed by atoms with E-state index in [-0.39, 0.29) is 6.04 Å². The van der Waals surface area contributed by atoms with Crippen molar-refractivity contribution in [2.45, 2.75) is 12.3 Å². The van der Waals surface area contributed by atoms with Gasteiger partial charge in [0.2, 0.25) is 0 Å². The maximum atomic E-state index is 11.2. The Morgan fingerprint density at radius 1 is 1.50 bits per heavy atom. The average molecular weight is 299 g/mol. The first-order chi connectivity index (χ1) is 9.70. The Morgan fingerprint density at radius 2 is 2.25 bits per heavy atom. The van der Waals surface area contributed by atoms with Crippen LogP contribution in [0.2, 0.25) is 0 Å². The first-order valence-corrected chi connectivity index (χ1v) is 6.96. The van der Waals surface area contributed by atoms with Crippen LogP contribution in [-0.4, -0.2) is 49.7 Å². The van der Waals surface area contributed by atoms with Crippen LogP contribution in [-0.2, 0) is 9.47 Å². The number of methoxy groups -OCH3 is 1. The molecule has 1 aliphatic heterocycles. The van der Waals surface area contributed by atoms with Crippen molar-refractivity contribution in [2.75, 3.05) is 33.4 Å². The van der Waals surface area contributed by atoms with Crippen LogP contribution >= 0.6 is 11.6 Å². The molecule has 1 aliphatic rings. The number of rotatable bonds is 5. The van der Waals surface area contributed by atoms with Gasteiger partial charge in [-0.15, -0.1) is 0 Å². The van der Waals surface area contributed by atoms with Gasteiger partial charge in [0.15, 0.2) is 6.23 Å². The third-order valence-corrected chi connectivity index (χ3v) is 3.36. The van der Waals surface area contributed by atoms with E-state index in [9.17, 15) is 4.79 Å². The summed E-state index contributed by atoms with van der Waals surface area (Å²) < 4.78 is 10.5. The Labute approximate surface area is 123 Å². The number of ether oxygens (including phenoxy) is 2. The summed E-state index contributed by atoms with van der Waals surface area (Å²) in [6.07, 6.45) is -0.456. The molecule has 1 aromatic carbocycles. The van der Waals surface area contributed by atoms with Crippen LogP contribution in [0.25, 0.3) is 0 Å². The zero-order valence-electron chi connectivity index (χ0n) is 11.4. The Hall–Kier alpha value is -1.14. The molecule has 0 saturated carbocycles. The van der Waals surface area contributed by atoms with E-state index in [4.69, 9.17) is 21.1 Å². The molecule has 2 unspecified atom stereocenters. The Bertz CT molecular complexity index is 428. The van der Waals surface area contributed by atoms with Gasteiger partial charge in [-0.3, -0.25) is 4.90 Å². The van der Waals surface area contributed by atoms with Crippen LogP contribution in [0.3, 0.4) is 0 Å². The number of benzene rings is 1. The van der Waals surface area contributed by atoms with Gasteiger partial charge in [-0.2, -0.15) is 0 Å². The highest BCUT2D eigenvalue weighted by Gasteiger charge is 2.28. The van der Waals surface area contributed by atoms with Crippen molar-refractivity contribution in [1.82, 2.24) is 10.2 Å². The van der Waals surface area contributed by atoms with E-state index in [1.165, 1.54) is 0 Å². The molecule has 2 atom stereocenters.